The van der Waals surface area contributed by atoms with Gasteiger partial charge in [0.15, 0.2) is 11.5 Å². The van der Waals surface area contributed by atoms with E-state index in [1.165, 1.54) is 0 Å². The first-order chi connectivity index (χ1) is 10.4. The number of carbonyl (C=O) groups excluding carboxylic acids is 2. The molecule has 0 radical (unpaired) electrons. The van der Waals surface area contributed by atoms with E-state index >= 15 is 0 Å². The van der Waals surface area contributed by atoms with Crippen molar-refractivity contribution >= 4 is 28.8 Å². The van der Waals surface area contributed by atoms with Gasteiger partial charge in [0.1, 0.15) is 6.61 Å². The molecule has 1 aromatic carbocycles. The van der Waals surface area contributed by atoms with Crippen molar-refractivity contribution in [2.45, 2.75) is 25.0 Å². The lowest BCUT2D eigenvalue weighted by Gasteiger charge is -2.22. The fourth-order valence-corrected chi connectivity index (χ4v) is 1.87. The monoisotopic (exact) mass is 326 g/mol. The van der Waals surface area contributed by atoms with Crippen LogP contribution in [0.5, 0.6) is 0 Å². The van der Waals surface area contributed by atoms with Gasteiger partial charge in [-0.1, -0.05) is 30.3 Å². The lowest BCUT2D eigenvalue weighted by molar-refractivity contribution is -0.153. The predicted molar refractivity (Wildman–Crippen MR) is 83.9 cm³/mol. The molecule has 0 fully saturated rings. The van der Waals surface area contributed by atoms with E-state index in [1.807, 2.05) is 6.07 Å². The van der Waals surface area contributed by atoms with Crippen LogP contribution in [0.25, 0.3) is 0 Å². The second-order valence-corrected chi connectivity index (χ2v) is 5.06. The zero-order chi connectivity index (χ0) is 16.6. The first kappa shape index (κ1) is 17.9. The van der Waals surface area contributed by atoms with Gasteiger partial charge in [0, 0.05) is 6.54 Å². The summed E-state index contributed by atoms with van der Waals surface area (Å²) in [6.45, 7) is 0.244. The van der Waals surface area contributed by atoms with Crippen LogP contribution < -0.4 is 17.2 Å². The van der Waals surface area contributed by atoms with E-state index in [2.05, 4.69) is 4.99 Å². The van der Waals surface area contributed by atoms with Gasteiger partial charge in [0.25, 0.3) is 5.24 Å². The summed E-state index contributed by atoms with van der Waals surface area (Å²) in [4.78, 5) is 27.3. The molecule has 0 aliphatic carbocycles. The smallest absolute Gasteiger partial charge is 0.335 e. The number of nitrogens with zero attached hydrogens (tertiary/aromatic N) is 1. The number of nitrogens with two attached hydrogens (primary N) is 3. The van der Waals surface area contributed by atoms with E-state index in [-0.39, 0.29) is 25.5 Å². The Morgan fingerprint density at radius 3 is 2.41 bits per heavy atom. The summed E-state index contributed by atoms with van der Waals surface area (Å²) in [5.74, 6) is -0.951. The Kier molecular flexibility index (Phi) is 6.81. The average molecular weight is 327 g/mol. The number of carbonyl (C=O) groups is 2. The van der Waals surface area contributed by atoms with Crippen LogP contribution >= 0.6 is 11.6 Å². The molecular weight excluding hydrogens is 308 g/mol. The summed E-state index contributed by atoms with van der Waals surface area (Å²) in [6.07, 6.45) is 0.299. The molecule has 0 bridgehead atoms. The quantitative estimate of drug-likeness (QED) is 0.156. The largest absolute Gasteiger partial charge is 0.459 e. The van der Waals surface area contributed by atoms with Crippen molar-refractivity contribution in [2.24, 2.45) is 22.2 Å². The van der Waals surface area contributed by atoms with Crippen molar-refractivity contribution in [3.05, 3.63) is 35.9 Å². The van der Waals surface area contributed by atoms with Crippen LogP contribution in [-0.2, 0) is 20.9 Å². The van der Waals surface area contributed by atoms with Crippen LogP contribution in [-0.4, -0.2) is 29.3 Å². The van der Waals surface area contributed by atoms with Gasteiger partial charge in [-0.15, -0.1) is 0 Å². The van der Waals surface area contributed by atoms with Crippen molar-refractivity contribution in [3.63, 3.8) is 0 Å². The highest BCUT2D eigenvalue weighted by molar-refractivity contribution is 6.67. The number of halogens is 1. The number of benzene rings is 1. The Labute approximate surface area is 133 Å². The minimum Gasteiger partial charge on any atom is -0.459 e. The molecule has 0 heterocycles. The molecule has 0 aliphatic rings. The van der Waals surface area contributed by atoms with Crippen molar-refractivity contribution in [2.75, 3.05) is 6.54 Å². The zero-order valence-corrected chi connectivity index (χ0v) is 12.8. The highest BCUT2D eigenvalue weighted by atomic mass is 35.5. The van der Waals surface area contributed by atoms with E-state index in [1.54, 1.807) is 24.3 Å². The highest BCUT2D eigenvalue weighted by Gasteiger charge is 2.42. The summed E-state index contributed by atoms with van der Waals surface area (Å²) >= 11 is 5.45. The molecule has 6 N–H and O–H groups in total. The normalized spacial score (nSPS) is 13.0. The molecule has 1 aromatic rings. The molecule has 7 nitrogen and oxygen atoms in total. The number of esters is 1. The number of ether oxygens (including phenoxy) is 1. The molecule has 1 rings (SSSR count). The topological polar surface area (TPSA) is 134 Å². The minimum absolute atomic E-state index is 0.0106. The number of hydrogen-bond acceptors (Lipinski definition) is 5. The fraction of sp³-hybridized carbons (Fsp3) is 0.357. The lowest BCUT2D eigenvalue weighted by atomic mass is 9.96. The Hall–Kier alpha value is -2.12. The molecule has 1 atom stereocenters. The molecule has 22 heavy (non-hydrogen) atoms. The van der Waals surface area contributed by atoms with E-state index in [0.717, 1.165) is 5.56 Å². The molecule has 0 aliphatic heterocycles. The molecule has 0 amide bonds. The molecule has 0 aromatic heterocycles. The third-order valence-corrected chi connectivity index (χ3v) is 3.29. The average Bonchev–Trinajstić information content (AvgIpc) is 2.49. The Bertz CT molecular complexity index is 546. The molecule has 120 valence electrons. The van der Waals surface area contributed by atoms with Crippen LogP contribution in [0.15, 0.2) is 35.3 Å². The second kappa shape index (κ2) is 8.35. The Balaban J connectivity index is 2.62. The van der Waals surface area contributed by atoms with Crippen molar-refractivity contribution in [1.82, 2.24) is 0 Å². The predicted octanol–water partition coefficient (Wildman–Crippen LogP) is 0.246. The number of hydrogen-bond donors (Lipinski definition) is 3. The maximum Gasteiger partial charge on any atom is 0.335 e. The molecule has 0 spiro atoms. The van der Waals surface area contributed by atoms with Crippen molar-refractivity contribution in [3.8, 4) is 0 Å². The maximum atomic E-state index is 12.1. The SMILES string of the molecule is NC(N)=NCCC[C@](N)(C(=O)Cl)C(=O)OCc1ccccc1. The molecule has 0 saturated carbocycles. The van der Waals surface area contributed by atoms with Crippen molar-refractivity contribution < 1.29 is 14.3 Å². The third-order valence-electron chi connectivity index (χ3n) is 2.95. The van der Waals surface area contributed by atoms with Gasteiger partial charge < -0.3 is 21.9 Å². The van der Waals surface area contributed by atoms with Crippen LogP contribution in [0.2, 0.25) is 0 Å². The van der Waals surface area contributed by atoms with Crippen LogP contribution in [0.4, 0.5) is 0 Å². The number of rotatable bonds is 8. The highest BCUT2D eigenvalue weighted by Crippen LogP contribution is 2.17. The third kappa shape index (κ3) is 5.34. The molecule has 0 unspecified atom stereocenters. The lowest BCUT2D eigenvalue weighted by Crippen LogP contribution is -2.54. The fourth-order valence-electron chi connectivity index (χ4n) is 1.70. The van der Waals surface area contributed by atoms with E-state index in [0.29, 0.717) is 6.42 Å². The van der Waals surface area contributed by atoms with Gasteiger partial charge in [-0.25, -0.2) is 4.79 Å². The summed E-state index contributed by atoms with van der Waals surface area (Å²) in [7, 11) is 0. The summed E-state index contributed by atoms with van der Waals surface area (Å²) in [5.41, 5.74) is 15.0. The first-order valence-electron chi connectivity index (χ1n) is 6.61. The van der Waals surface area contributed by atoms with Gasteiger partial charge >= 0.3 is 5.97 Å². The van der Waals surface area contributed by atoms with Gasteiger partial charge in [0.05, 0.1) is 0 Å². The maximum absolute atomic E-state index is 12.1. The van der Waals surface area contributed by atoms with Crippen LogP contribution in [0.1, 0.15) is 18.4 Å². The molecule has 0 saturated heterocycles. The number of aliphatic imine (C=N–C) groups is 1. The molecule has 8 heteroatoms. The van der Waals surface area contributed by atoms with Gasteiger partial charge in [0.2, 0.25) is 0 Å². The zero-order valence-electron chi connectivity index (χ0n) is 12.0. The van der Waals surface area contributed by atoms with Gasteiger partial charge in [-0.05, 0) is 30.0 Å². The second-order valence-electron chi connectivity index (χ2n) is 4.72. The standard InChI is InChI=1S/C14H19ClN4O3/c15-11(20)14(18,7-4-8-19-13(16)17)12(21)22-9-10-5-2-1-3-6-10/h1-3,5-6H,4,7-9,18H2,(H4,16,17,19)/t14-/m0/s1. The van der Waals surface area contributed by atoms with Gasteiger partial charge in [-0.3, -0.25) is 9.79 Å². The van der Waals surface area contributed by atoms with E-state index in [4.69, 9.17) is 33.5 Å². The minimum atomic E-state index is -1.91. The summed E-state index contributed by atoms with van der Waals surface area (Å²) in [6, 6.07) is 9.02. The summed E-state index contributed by atoms with van der Waals surface area (Å²) in [5, 5.41) is -0.977. The summed E-state index contributed by atoms with van der Waals surface area (Å²) < 4.78 is 5.08. The van der Waals surface area contributed by atoms with E-state index in [9.17, 15) is 9.59 Å². The Morgan fingerprint density at radius 1 is 1.23 bits per heavy atom. The van der Waals surface area contributed by atoms with Crippen LogP contribution in [0.3, 0.4) is 0 Å². The van der Waals surface area contributed by atoms with Crippen LogP contribution in [0, 0.1) is 0 Å². The first-order valence-corrected chi connectivity index (χ1v) is 6.99. The van der Waals surface area contributed by atoms with Gasteiger partial charge in [-0.2, -0.15) is 0 Å². The van der Waals surface area contributed by atoms with Crippen molar-refractivity contribution in [1.29, 1.82) is 0 Å². The Morgan fingerprint density at radius 2 is 1.86 bits per heavy atom. The molecular formula is C14H19ClN4O3. The number of guanidine groups is 1. The van der Waals surface area contributed by atoms with E-state index < -0.39 is 16.8 Å².